The highest BCUT2D eigenvalue weighted by atomic mass is 15.2. The van der Waals surface area contributed by atoms with Gasteiger partial charge in [0.1, 0.15) is 0 Å². The normalized spacial score (nSPS) is 23.8. The van der Waals surface area contributed by atoms with Crippen molar-refractivity contribution in [2.24, 2.45) is 17.6 Å². The molecule has 0 amide bonds. The summed E-state index contributed by atoms with van der Waals surface area (Å²) in [5, 5.41) is 0. The Bertz CT molecular complexity index is 215. The Balaban J connectivity index is 2.66. The summed E-state index contributed by atoms with van der Waals surface area (Å²) in [6.45, 7) is 12.7. The van der Waals surface area contributed by atoms with Crippen LogP contribution in [0.2, 0.25) is 0 Å². The molecule has 0 aromatic heterocycles. The van der Waals surface area contributed by atoms with E-state index < -0.39 is 0 Å². The third kappa shape index (κ3) is 3.71. The molecule has 1 saturated heterocycles. The molecule has 1 aliphatic heterocycles. The predicted octanol–water partition coefficient (Wildman–Crippen LogP) is 3.65. The molecular formula is C16H34N2. The Kier molecular flexibility index (Phi) is 6.65. The maximum absolute atomic E-state index is 6.18. The first-order valence-corrected chi connectivity index (χ1v) is 8.06. The molecule has 2 atom stereocenters. The summed E-state index contributed by atoms with van der Waals surface area (Å²) in [6.07, 6.45) is 7.84. The monoisotopic (exact) mass is 254 g/mol. The topological polar surface area (TPSA) is 29.3 Å². The molecule has 1 aliphatic rings. The molecule has 108 valence electrons. The maximum Gasteiger partial charge on any atom is 0.0331 e. The van der Waals surface area contributed by atoms with E-state index >= 15 is 0 Å². The van der Waals surface area contributed by atoms with Crippen molar-refractivity contribution in [3.8, 4) is 0 Å². The number of rotatable bonds is 7. The van der Waals surface area contributed by atoms with Crippen LogP contribution in [-0.4, -0.2) is 30.1 Å². The average molecular weight is 254 g/mol. The van der Waals surface area contributed by atoms with Gasteiger partial charge in [0.25, 0.3) is 0 Å². The lowest BCUT2D eigenvalue weighted by molar-refractivity contribution is 0.0332. The number of nitrogens with zero attached hydrogens (tertiary/aromatic N) is 1. The van der Waals surface area contributed by atoms with Crippen LogP contribution in [0.5, 0.6) is 0 Å². The molecule has 2 nitrogen and oxygen atoms in total. The summed E-state index contributed by atoms with van der Waals surface area (Å²) in [5.74, 6) is 1.74. The Labute approximate surface area is 114 Å². The third-order valence-corrected chi connectivity index (χ3v) is 5.33. The van der Waals surface area contributed by atoms with E-state index in [0.717, 1.165) is 18.4 Å². The van der Waals surface area contributed by atoms with E-state index in [0.29, 0.717) is 0 Å². The van der Waals surface area contributed by atoms with Crippen LogP contribution in [-0.2, 0) is 0 Å². The summed E-state index contributed by atoms with van der Waals surface area (Å²) in [7, 11) is 0. The number of hydrogen-bond acceptors (Lipinski definition) is 2. The van der Waals surface area contributed by atoms with Gasteiger partial charge in [0.15, 0.2) is 0 Å². The lowest BCUT2D eigenvalue weighted by Gasteiger charge is -2.47. The summed E-state index contributed by atoms with van der Waals surface area (Å²) in [5.41, 5.74) is 6.45. The van der Waals surface area contributed by atoms with Crippen molar-refractivity contribution in [2.45, 2.75) is 71.8 Å². The molecule has 0 saturated carbocycles. The smallest absolute Gasteiger partial charge is 0.0331 e. The molecular weight excluding hydrogens is 220 g/mol. The largest absolute Gasteiger partial charge is 0.329 e. The summed E-state index contributed by atoms with van der Waals surface area (Å²) in [6, 6.07) is 0. The second-order valence-corrected chi connectivity index (χ2v) is 6.34. The van der Waals surface area contributed by atoms with Gasteiger partial charge in [-0.25, -0.2) is 0 Å². The van der Waals surface area contributed by atoms with Gasteiger partial charge in [0, 0.05) is 12.1 Å². The highest BCUT2D eigenvalue weighted by Crippen LogP contribution is 2.32. The van der Waals surface area contributed by atoms with Gasteiger partial charge in [-0.1, -0.05) is 40.5 Å². The summed E-state index contributed by atoms with van der Waals surface area (Å²) in [4.78, 5) is 2.71. The van der Waals surface area contributed by atoms with E-state index in [2.05, 4.69) is 32.6 Å². The van der Waals surface area contributed by atoms with Gasteiger partial charge in [0.2, 0.25) is 0 Å². The lowest BCUT2D eigenvalue weighted by Crippen LogP contribution is -2.56. The molecule has 0 radical (unpaired) electrons. The van der Waals surface area contributed by atoms with Crippen molar-refractivity contribution < 1.29 is 0 Å². The highest BCUT2D eigenvalue weighted by Gasteiger charge is 2.36. The second kappa shape index (κ2) is 7.49. The minimum absolute atomic E-state index is 0.272. The number of piperidine rings is 1. The molecule has 0 aliphatic carbocycles. The van der Waals surface area contributed by atoms with E-state index in [1.807, 2.05) is 0 Å². The van der Waals surface area contributed by atoms with Crippen molar-refractivity contribution in [1.82, 2.24) is 4.90 Å². The Morgan fingerprint density at radius 2 is 1.83 bits per heavy atom. The maximum atomic E-state index is 6.18. The standard InChI is InChI=1S/C16H34N2/c1-5-14(4)12-16(7-3,13-17)18-10-8-15(6-2)9-11-18/h14-15H,5-13,17H2,1-4H3. The lowest BCUT2D eigenvalue weighted by atomic mass is 9.81. The van der Waals surface area contributed by atoms with Gasteiger partial charge in [-0.15, -0.1) is 0 Å². The first-order chi connectivity index (χ1) is 8.61. The molecule has 0 spiro atoms. The predicted molar refractivity (Wildman–Crippen MR) is 80.7 cm³/mol. The first-order valence-electron chi connectivity index (χ1n) is 8.06. The molecule has 0 bridgehead atoms. The van der Waals surface area contributed by atoms with E-state index in [9.17, 15) is 0 Å². The van der Waals surface area contributed by atoms with Crippen molar-refractivity contribution in [3.63, 3.8) is 0 Å². The Morgan fingerprint density at radius 1 is 1.22 bits per heavy atom. The van der Waals surface area contributed by atoms with Crippen LogP contribution < -0.4 is 5.73 Å². The molecule has 0 aromatic carbocycles. The molecule has 1 rings (SSSR count). The van der Waals surface area contributed by atoms with Crippen LogP contribution in [0.15, 0.2) is 0 Å². The Morgan fingerprint density at radius 3 is 2.22 bits per heavy atom. The molecule has 0 aromatic rings. The van der Waals surface area contributed by atoms with E-state index in [-0.39, 0.29) is 5.54 Å². The van der Waals surface area contributed by atoms with Crippen molar-refractivity contribution >= 4 is 0 Å². The fourth-order valence-electron chi connectivity index (χ4n) is 3.46. The van der Waals surface area contributed by atoms with Crippen molar-refractivity contribution in [1.29, 1.82) is 0 Å². The minimum atomic E-state index is 0.272. The average Bonchev–Trinajstić information content (AvgIpc) is 2.44. The minimum Gasteiger partial charge on any atom is -0.329 e. The van der Waals surface area contributed by atoms with E-state index in [1.54, 1.807) is 0 Å². The van der Waals surface area contributed by atoms with Crippen LogP contribution >= 0.6 is 0 Å². The summed E-state index contributed by atoms with van der Waals surface area (Å²) < 4.78 is 0. The van der Waals surface area contributed by atoms with Gasteiger partial charge < -0.3 is 5.73 Å². The van der Waals surface area contributed by atoms with Gasteiger partial charge in [-0.2, -0.15) is 0 Å². The molecule has 2 unspecified atom stereocenters. The van der Waals surface area contributed by atoms with Gasteiger partial charge >= 0.3 is 0 Å². The van der Waals surface area contributed by atoms with Crippen LogP contribution in [0, 0.1) is 11.8 Å². The quantitative estimate of drug-likeness (QED) is 0.751. The number of likely N-dealkylation sites (tertiary alicyclic amines) is 1. The zero-order valence-electron chi connectivity index (χ0n) is 13.0. The van der Waals surface area contributed by atoms with Gasteiger partial charge in [-0.05, 0) is 50.6 Å². The summed E-state index contributed by atoms with van der Waals surface area (Å²) >= 11 is 0. The zero-order chi connectivity index (χ0) is 13.6. The number of hydrogen-bond donors (Lipinski definition) is 1. The molecule has 2 heteroatoms. The zero-order valence-corrected chi connectivity index (χ0v) is 13.0. The molecule has 1 fully saturated rings. The highest BCUT2D eigenvalue weighted by molar-refractivity contribution is 4.93. The first kappa shape index (κ1) is 16.0. The van der Waals surface area contributed by atoms with Gasteiger partial charge in [-0.3, -0.25) is 4.90 Å². The van der Waals surface area contributed by atoms with Crippen LogP contribution in [0.25, 0.3) is 0 Å². The van der Waals surface area contributed by atoms with Crippen LogP contribution in [0.3, 0.4) is 0 Å². The van der Waals surface area contributed by atoms with Crippen molar-refractivity contribution in [3.05, 3.63) is 0 Å². The second-order valence-electron chi connectivity index (χ2n) is 6.34. The van der Waals surface area contributed by atoms with Crippen LogP contribution in [0.1, 0.15) is 66.2 Å². The SMILES string of the molecule is CCC(C)CC(CC)(CN)N1CCC(CC)CC1. The third-order valence-electron chi connectivity index (χ3n) is 5.33. The van der Waals surface area contributed by atoms with E-state index in [1.165, 1.54) is 51.6 Å². The number of nitrogens with two attached hydrogens (primary N) is 1. The fraction of sp³-hybridized carbons (Fsp3) is 1.00. The van der Waals surface area contributed by atoms with E-state index in [4.69, 9.17) is 5.73 Å². The van der Waals surface area contributed by atoms with Gasteiger partial charge in [0.05, 0.1) is 0 Å². The van der Waals surface area contributed by atoms with Crippen LogP contribution in [0.4, 0.5) is 0 Å². The molecule has 1 heterocycles. The fourth-order valence-corrected chi connectivity index (χ4v) is 3.46. The molecule has 2 N–H and O–H groups in total. The molecule has 18 heavy (non-hydrogen) atoms. The Hall–Kier alpha value is -0.0800. The van der Waals surface area contributed by atoms with Crippen molar-refractivity contribution in [2.75, 3.05) is 19.6 Å².